The third-order valence-electron chi connectivity index (χ3n) is 9.51. The van der Waals surface area contributed by atoms with Crippen LogP contribution in [0.3, 0.4) is 0 Å². The Morgan fingerprint density at radius 3 is 0.933 bits per heavy atom. The summed E-state index contributed by atoms with van der Waals surface area (Å²) in [7, 11) is 0. The third kappa shape index (κ3) is 13.5. The maximum Gasteiger partial charge on any atom is 0.303 e. The molecule has 0 amide bonds. The molecule has 3 heteroatoms. The Hall–Kier alpha value is -7.61. The van der Waals surface area contributed by atoms with Crippen LogP contribution in [0, 0.1) is 59.2 Å². The van der Waals surface area contributed by atoms with Gasteiger partial charge in [-0.2, -0.15) is 0 Å². The number of carboxylic acid groups (broad SMARTS) is 1. The minimum atomic E-state index is -0.723. The van der Waals surface area contributed by atoms with Crippen molar-refractivity contribution in [2.45, 2.75) is 57.8 Å². The quantitative estimate of drug-likeness (QED) is 0.0994. The second-order valence-corrected chi connectivity index (χ2v) is 14.1. The summed E-state index contributed by atoms with van der Waals surface area (Å²) in [5.41, 5.74) is 7.41. The number of benzene rings is 6. The van der Waals surface area contributed by atoms with E-state index in [2.05, 4.69) is 59.2 Å². The summed E-state index contributed by atoms with van der Waals surface area (Å²) in [5.74, 6) is 34.4. The zero-order chi connectivity index (χ0) is 41.5. The fraction of sp³-hybridized carbons (Fsp3) is 0.175. The Morgan fingerprint density at radius 2 is 0.617 bits per heavy atom. The number of carbonyl (C=O) groups is 1. The molecule has 0 bridgehead atoms. The van der Waals surface area contributed by atoms with Crippen LogP contribution in [-0.2, 0) is 4.79 Å². The van der Waals surface area contributed by atoms with E-state index in [1.165, 1.54) is 0 Å². The van der Waals surface area contributed by atoms with Crippen molar-refractivity contribution >= 4 is 5.97 Å². The van der Waals surface area contributed by atoms with Crippen LogP contribution >= 0.6 is 0 Å². The zero-order valence-corrected chi connectivity index (χ0v) is 33.8. The zero-order valence-electron chi connectivity index (χ0n) is 33.8. The first-order chi connectivity index (χ1) is 29.6. The number of aliphatic carboxylic acids is 1. The first kappa shape index (κ1) is 42.0. The van der Waals surface area contributed by atoms with E-state index < -0.39 is 5.97 Å². The molecule has 0 aliphatic heterocycles. The normalized spacial score (nSPS) is 9.80. The number of ether oxygens (including phenoxy) is 1. The van der Waals surface area contributed by atoms with Crippen molar-refractivity contribution in [3.8, 4) is 65.0 Å². The van der Waals surface area contributed by atoms with Crippen LogP contribution in [0.2, 0.25) is 0 Å². The van der Waals surface area contributed by atoms with Crippen LogP contribution in [0.4, 0.5) is 0 Å². The lowest BCUT2D eigenvalue weighted by Crippen LogP contribution is -2.08. The first-order valence-electron chi connectivity index (χ1n) is 20.6. The molecule has 6 aromatic rings. The third-order valence-corrected chi connectivity index (χ3v) is 9.51. The van der Waals surface area contributed by atoms with Crippen LogP contribution in [0.5, 0.6) is 5.75 Å². The molecule has 292 valence electrons. The predicted octanol–water partition coefficient (Wildman–Crippen LogP) is 11.7. The molecular weight excluding hydrogens is 733 g/mol. The molecule has 1 N–H and O–H groups in total. The van der Waals surface area contributed by atoms with Gasteiger partial charge in [-0.3, -0.25) is 4.79 Å². The molecule has 0 saturated carbocycles. The van der Waals surface area contributed by atoms with Crippen LogP contribution < -0.4 is 4.74 Å². The average Bonchev–Trinajstić information content (AvgIpc) is 3.29. The molecule has 6 aromatic carbocycles. The highest BCUT2D eigenvalue weighted by atomic mass is 16.5. The molecule has 0 radical (unpaired) electrons. The molecule has 0 fully saturated rings. The van der Waals surface area contributed by atoms with Crippen molar-refractivity contribution in [1.82, 2.24) is 0 Å². The Morgan fingerprint density at radius 1 is 0.350 bits per heavy atom. The lowest BCUT2D eigenvalue weighted by atomic mass is 9.89. The molecule has 0 aliphatic carbocycles. The number of hydrogen-bond acceptors (Lipinski definition) is 2. The van der Waals surface area contributed by atoms with E-state index >= 15 is 0 Å². The van der Waals surface area contributed by atoms with E-state index in [1.807, 2.05) is 152 Å². The van der Waals surface area contributed by atoms with Crippen molar-refractivity contribution in [3.05, 3.63) is 207 Å². The Labute approximate surface area is 355 Å². The van der Waals surface area contributed by atoms with Crippen LogP contribution in [0.15, 0.2) is 152 Å². The lowest BCUT2D eigenvalue weighted by molar-refractivity contribution is -0.137. The smallest absolute Gasteiger partial charge is 0.303 e. The summed E-state index contributed by atoms with van der Waals surface area (Å²) in [4.78, 5) is 10.9. The van der Waals surface area contributed by atoms with E-state index in [1.54, 1.807) is 0 Å². The van der Waals surface area contributed by atoms with Crippen LogP contribution in [-0.4, -0.2) is 17.7 Å². The van der Waals surface area contributed by atoms with Gasteiger partial charge in [0.25, 0.3) is 0 Å². The largest absolute Gasteiger partial charge is 0.491 e. The van der Waals surface area contributed by atoms with Gasteiger partial charge in [-0.1, -0.05) is 189 Å². The van der Waals surface area contributed by atoms with E-state index in [0.717, 1.165) is 79.2 Å². The Balaban J connectivity index is 1.54. The fourth-order valence-corrected chi connectivity index (χ4v) is 6.38. The van der Waals surface area contributed by atoms with Gasteiger partial charge in [0.15, 0.2) is 5.75 Å². The van der Waals surface area contributed by atoms with Crippen molar-refractivity contribution in [2.24, 2.45) is 0 Å². The second kappa shape index (κ2) is 23.6. The van der Waals surface area contributed by atoms with Crippen molar-refractivity contribution in [1.29, 1.82) is 0 Å². The van der Waals surface area contributed by atoms with Gasteiger partial charge in [-0.05, 0) is 73.5 Å². The van der Waals surface area contributed by atoms with Gasteiger partial charge in [-0.15, -0.1) is 0 Å². The molecule has 0 aromatic heterocycles. The lowest BCUT2D eigenvalue weighted by Gasteiger charge is -2.17. The molecule has 0 aliphatic rings. The molecular formula is C57H46O3. The van der Waals surface area contributed by atoms with E-state index in [4.69, 9.17) is 9.84 Å². The van der Waals surface area contributed by atoms with Gasteiger partial charge < -0.3 is 9.84 Å². The Kier molecular flexibility index (Phi) is 16.5. The summed E-state index contributed by atoms with van der Waals surface area (Å²) in [6.45, 7) is 0.449. The number of carboxylic acids is 1. The van der Waals surface area contributed by atoms with Crippen LogP contribution in [0.1, 0.15) is 113 Å². The van der Waals surface area contributed by atoms with E-state index in [-0.39, 0.29) is 6.42 Å². The van der Waals surface area contributed by atoms with Gasteiger partial charge >= 0.3 is 5.97 Å². The van der Waals surface area contributed by atoms with Crippen molar-refractivity contribution < 1.29 is 14.6 Å². The van der Waals surface area contributed by atoms with Gasteiger partial charge in [-0.25, -0.2) is 0 Å². The summed E-state index contributed by atoms with van der Waals surface area (Å²) < 4.78 is 6.89. The molecule has 0 spiro atoms. The fourth-order valence-electron chi connectivity index (χ4n) is 6.38. The van der Waals surface area contributed by atoms with Gasteiger partial charge in [0, 0.05) is 34.2 Å². The summed E-state index contributed by atoms with van der Waals surface area (Å²) in [6, 6.07) is 49.5. The molecule has 0 unspecified atom stereocenters. The number of rotatable bonds is 12. The van der Waals surface area contributed by atoms with Crippen molar-refractivity contribution in [2.75, 3.05) is 6.61 Å². The molecule has 6 rings (SSSR count). The minimum absolute atomic E-state index is 0.243. The van der Waals surface area contributed by atoms with Gasteiger partial charge in [0.1, 0.15) is 0 Å². The minimum Gasteiger partial charge on any atom is -0.491 e. The number of hydrogen-bond donors (Lipinski definition) is 1. The van der Waals surface area contributed by atoms with E-state index in [9.17, 15) is 4.79 Å². The average molecular weight is 779 g/mol. The Bertz CT molecular complexity index is 2500. The standard InChI is InChI=1S/C57H46O3/c58-56(59)34-22-5-3-1-2-4-6-23-45-60-57-54(43-38-49-30-18-10-19-31-49)52(41-36-47-26-14-8-15-27-47)51(40-35-46-24-12-7-13-25-46)53(42-37-48-28-16-9-17-29-48)55(57)44-39-50-32-20-11-21-33-50/h7-21,24-33H,1-6,22-23,34,45H2,(H,58,59). The van der Waals surface area contributed by atoms with E-state index in [0.29, 0.717) is 40.2 Å². The van der Waals surface area contributed by atoms with Gasteiger partial charge in [0.05, 0.1) is 34.4 Å². The molecule has 0 atom stereocenters. The highest BCUT2D eigenvalue weighted by molar-refractivity contribution is 5.78. The monoisotopic (exact) mass is 778 g/mol. The molecule has 3 nitrogen and oxygen atoms in total. The molecule has 0 saturated heterocycles. The van der Waals surface area contributed by atoms with Crippen molar-refractivity contribution in [3.63, 3.8) is 0 Å². The maximum atomic E-state index is 10.9. The second-order valence-electron chi connectivity index (χ2n) is 14.1. The summed E-state index contributed by atoms with van der Waals surface area (Å²) >= 11 is 0. The molecule has 60 heavy (non-hydrogen) atoms. The maximum absolute atomic E-state index is 10.9. The summed E-state index contributed by atoms with van der Waals surface area (Å²) in [6.07, 6.45) is 8.07. The van der Waals surface area contributed by atoms with Crippen LogP contribution in [0.25, 0.3) is 0 Å². The summed E-state index contributed by atoms with van der Waals surface area (Å²) in [5, 5.41) is 8.93. The number of unbranched alkanes of at least 4 members (excludes halogenated alkanes) is 7. The SMILES string of the molecule is O=C(O)CCCCCCCCCCOc1c(C#Cc2ccccc2)c(C#Cc2ccccc2)c(C#Cc2ccccc2)c(C#Cc2ccccc2)c1C#Cc1ccccc1. The first-order valence-corrected chi connectivity index (χ1v) is 20.6. The molecule has 0 heterocycles. The van der Waals surface area contributed by atoms with Gasteiger partial charge in [0.2, 0.25) is 0 Å². The topological polar surface area (TPSA) is 46.5 Å². The predicted molar refractivity (Wildman–Crippen MR) is 243 cm³/mol. The highest BCUT2D eigenvalue weighted by Crippen LogP contribution is 2.34. The highest BCUT2D eigenvalue weighted by Gasteiger charge is 2.22.